The first kappa shape index (κ1) is 27.3. The smallest absolute Gasteiger partial charge is 0.326 e. The second-order valence-corrected chi connectivity index (χ2v) is 7.58. The van der Waals surface area contributed by atoms with E-state index in [0.717, 1.165) is 0 Å². The number of primary amides is 1. The van der Waals surface area contributed by atoms with Gasteiger partial charge in [-0.15, -0.1) is 0 Å². The summed E-state index contributed by atoms with van der Waals surface area (Å²) in [5.41, 5.74) is 11.4. The summed E-state index contributed by atoms with van der Waals surface area (Å²) in [6.07, 6.45) is -0.513. The van der Waals surface area contributed by atoms with Crippen molar-refractivity contribution in [1.29, 1.82) is 0 Å². The minimum Gasteiger partial charge on any atom is -0.480 e. The molecule has 0 radical (unpaired) electrons. The lowest BCUT2D eigenvalue weighted by molar-refractivity contribution is -0.142. The number of carboxylic acid groups (broad SMARTS) is 1. The van der Waals surface area contributed by atoms with Crippen LogP contribution in [0.1, 0.15) is 12.0 Å². The molecule has 4 amide bonds. The molecule has 8 N–H and O–H groups in total. The van der Waals surface area contributed by atoms with Crippen LogP contribution in [0, 0.1) is 0 Å². The van der Waals surface area contributed by atoms with Gasteiger partial charge in [-0.3, -0.25) is 19.2 Å². The van der Waals surface area contributed by atoms with Gasteiger partial charge in [-0.1, -0.05) is 30.3 Å². The molecule has 0 saturated heterocycles. The highest BCUT2D eigenvalue weighted by Crippen LogP contribution is 2.05. The molecule has 1 aromatic carbocycles. The van der Waals surface area contributed by atoms with E-state index in [1.807, 2.05) is 0 Å². The highest BCUT2D eigenvalue weighted by molar-refractivity contribution is 7.80. The highest BCUT2D eigenvalue weighted by atomic mass is 32.1. The maximum atomic E-state index is 12.6. The van der Waals surface area contributed by atoms with Gasteiger partial charge in [0.2, 0.25) is 23.6 Å². The van der Waals surface area contributed by atoms with E-state index in [-0.39, 0.29) is 17.9 Å². The summed E-state index contributed by atoms with van der Waals surface area (Å²) >= 11 is 7.92. The van der Waals surface area contributed by atoms with E-state index in [1.165, 1.54) is 0 Å². The summed E-state index contributed by atoms with van der Waals surface area (Å²) in [7, 11) is 0. The predicted octanol–water partition coefficient (Wildman–Crippen LogP) is -2.17. The molecule has 0 aliphatic rings. The van der Waals surface area contributed by atoms with Crippen molar-refractivity contribution in [2.45, 2.75) is 37.0 Å². The van der Waals surface area contributed by atoms with E-state index < -0.39 is 60.2 Å². The topological polar surface area (TPSA) is 194 Å². The number of amides is 4. The van der Waals surface area contributed by atoms with E-state index in [4.69, 9.17) is 11.5 Å². The van der Waals surface area contributed by atoms with Gasteiger partial charge in [0.25, 0.3) is 0 Å². The molecule has 11 nitrogen and oxygen atoms in total. The Hall–Kier alpha value is -2.77. The van der Waals surface area contributed by atoms with Crippen molar-refractivity contribution < 1.29 is 29.1 Å². The van der Waals surface area contributed by atoms with E-state index in [2.05, 4.69) is 41.2 Å². The van der Waals surface area contributed by atoms with Gasteiger partial charge in [-0.05, 0) is 5.56 Å². The predicted molar refractivity (Wildman–Crippen MR) is 123 cm³/mol. The fourth-order valence-corrected chi connectivity index (χ4v) is 2.98. The molecule has 176 valence electrons. The van der Waals surface area contributed by atoms with Crippen LogP contribution in [0.25, 0.3) is 0 Å². The number of hydrogen-bond donors (Lipinski definition) is 8. The Bertz CT molecular complexity index is 826. The van der Waals surface area contributed by atoms with Crippen molar-refractivity contribution in [3.63, 3.8) is 0 Å². The summed E-state index contributed by atoms with van der Waals surface area (Å²) < 4.78 is 0. The molecule has 0 heterocycles. The van der Waals surface area contributed by atoms with Crippen LogP contribution in [0.3, 0.4) is 0 Å². The van der Waals surface area contributed by atoms with Crippen molar-refractivity contribution in [3.05, 3.63) is 35.9 Å². The van der Waals surface area contributed by atoms with Gasteiger partial charge in [0.05, 0.1) is 12.5 Å². The number of carboxylic acids is 1. The van der Waals surface area contributed by atoms with E-state index in [1.54, 1.807) is 30.3 Å². The standard InChI is InChI=1S/C19H27N5O6S2/c20-11(8-31)16(26)22-12(7-15(21)25)17(27)24-14(9-32)18(28)23-13(19(29)30)6-10-4-2-1-3-5-10/h1-5,11-14,31-32H,6-9,20H2,(H2,21,25)(H,22,26)(H,23,28)(H,24,27)(H,29,30). The molecule has 32 heavy (non-hydrogen) atoms. The average Bonchev–Trinajstić information content (AvgIpc) is 2.75. The maximum Gasteiger partial charge on any atom is 0.326 e. The zero-order valence-corrected chi connectivity index (χ0v) is 18.9. The number of carbonyl (C=O) groups excluding carboxylic acids is 4. The fourth-order valence-electron chi connectivity index (χ4n) is 2.56. The van der Waals surface area contributed by atoms with Gasteiger partial charge in [0.15, 0.2) is 0 Å². The van der Waals surface area contributed by atoms with Crippen LogP contribution in [-0.4, -0.2) is 70.4 Å². The number of thiol groups is 2. The second kappa shape index (κ2) is 13.6. The Morgan fingerprint density at radius 1 is 0.844 bits per heavy atom. The minimum absolute atomic E-state index is 0.00357. The number of hydrogen-bond acceptors (Lipinski definition) is 8. The van der Waals surface area contributed by atoms with E-state index >= 15 is 0 Å². The monoisotopic (exact) mass is 485 g/mol. The lowest BCUT2D eigenvalue weighted by Crippen LogP contribution is -2.58. The third-order valence-corrected chi connectivity index (χ3v) is 5.04. The number of aliphatic carboxylic acids is 1. The Morgan fingerprint density at radius 2 is 1.38 bits per heavy atom. The molecule has 0 aromatic heterocycles. The van der Waals surface area contributed by atoms with Crippen LogP contribution in [0.2, 0.25) is 0 Å². The third kappa shape index (κ3) is 9.16. The zero-order valence-electron chi connectivity index (χ0n) is 17.1. The molecule has 4 unspecified atom stereocenters. The Morgan fingerprint density at radius 3 is 1.88 bits per heavy atom. The van der Waals surface area contributed by atoms with Crippen LogP contribution in [-0.2, 0) is 30.4 Å². The zero-order chi connectivity index (χ0) is 24.3. The summed E-state index contributed by atoms with van der Waals surface area (Å²) in [6.45, 7) is 0. The van der Waals surface area contributed by atoms with Crippen LogP contribution in [0.4, 0.5) is 0 Å². The van der Waals surface area contributed by atoms with Crippen molar-refractivity contribution in [1.82, 2.24) is 16.0 Å². The molecule has 4 atom stereocenters. The van der Waals surface area contributed by atoms with Crippen LogP contribution in [0.5, 0.6) is 0 Å². The fraction of sp³-hybridized carbons (Fsp3) is 0.421. The molecule has 0 bridgehead atoms. The molecule has 13 heteroatoms. The SMILES string of the molecule is NC(=O)CC(NC(=O)C(N)CS)C(=O)NC(CS)C(=O)NC(Cc1ccccc1)C(=O)O. The number of rotatable bonds is 13. The Kier molecular flexibility index (Phi) is 11.6. The summed E-state index contributed by atoms with van der Waals surface area (Å²) in [5, 5.41) is 16.4. The normalized spacial score (nSPS) is 14.3. The minimum atomic E-state index is -1.39. The molecule has 0 aliphatic heterocycles. The molecule has 0 saturated carbocycles. The first-order valence-corrected chi connectivity index (χ1v) is 10.8. The largest absolute Gasteiger partial charge is 0.480 e. The lowest BCUT2D eigenvalue weighted by atomic mass is 10.1. The average molecular weight is 486 g/mol. The number of carbonyl (C=O) groups is 5. The number of nitrogens with two attached hydrogens (primary N) is 2. The number of benzene rings is 1. The first-order valence-electron chi connectivity index (χ1n) is 9.52. The van der Waals surface area contributed by atoms with Gasteiger partial charge >= 0.3 is 5.97 Å². The van der Waals surface area contributed by atoms with Crippen molar-refractivity contribution >= 4 is 54.9 Å². The van der Waals surface area contributed by atoms with Gasteiger partial charge in [0, 0.05) is 17.9 Å². The van der Waals surface area contributed by atoms with Crippen LogP contribution in [0.15, 0.2) is 30.3 Å². The van der Waals surface area contributed by atoms with Crippen LogP contribution >= 0.6 is 25.3 Å². The number of nitrogens with one attached hydrogen (secondary N) is 3. The Balaban J connectivity index is 2.86. The lowest BCUT2D eigenvalue weighted by Gasteiger charge is -2.24. The molecule has 0 aliphatic carbocycles. The molecular weight excluding hydrogens is 458 g/mol. The van der Waals surface area contributed by atoms with Crippen molar-refractivity contribution in [3.8, 4) is 0 Å². The molecule has 1 aromatic rings. The maximum absolute atomic E-state index is 12.6. The molecule has 0 spiro atoms. The summed E-state index contributed by atoms with van der Waals surface area (Å²) in [6, 6.07) is 3.76. The Labute approximate surface area is 195 Å². The van der Waals surface area contributed by atoms with Gasteiger partial charge in [-0.2, -0.15) is 25.3 Å². The molecular formula is C19H27N5O6S2. The molecule has 1 rings (SSSR count). The quantitative estimate of drug-likeness (QED) is 0.146. The van der Waals surface area contributed by atoms with Gasteiger partial charge in [-0.25, -0.2) is 4.79 Å². The highest BCUT2D eigenvalue weighted by Gasteiger charge is 2.30. The third-order valence-electron chi connectivity index (χ3n) is 4.28. The van der Waals surface area contributed by atoms with E-state index in [0.29, 0.717) is 5.56 Å². The molecule has 0 fully saturated rings. The van der Waals surface area contributed by atoms with Crippen LogP contribution < -0.4 is 27.4 Å². The first-order chi connectivity index (χ1) is 15.1. The van der Waals surface area contributed by atoms with Crippen molar-refractivity contribution in [2.24, 2.45) is 11.5 Å². The summed E-state index contributed by atoms with van der Waals surface area (Å²) in [4.78, 5) is 60.0. The van der Waals surface area contributed by atoms with Gasteiger partial charge < -0.3 is 32.5 Å². The second-order valence-electron chi connectivity index (χ2n) is 6.85. The van der Waals surface area contributed by atoms with Crippen molar-refractivity contribution in [2.75, 3.05) is 11.5 Å². The van der Waals surface area contributed by atoms with Gasteiger partial charge in [0.1, 0.15) is 18.1 Å². The summed E-state index contributed by atoms with van der Waals surface area (Å²) in [5.74, 6) is -4.72. The van der Waals surface area contributed by atoms with E-state index in [9.17, 15) is 29.1 Å².